The SMILES string of the molecule is CCn1nccc1CNC1C2(C)CCC(C2)C1(C)C. The van der Waals surface area contributed by atoms with Crippen LogP contribution in [-0.2, 0) is 13.1 Å². The zero-order valence-electron chi connectivity index (χ0n) is 12.7. The fourth-order valence-electron chi connectivity index (χ4n) is 4.81. The first-order chi connectivity index (χ1) is 8.97. The molecule has 1 aromatic rings. The Kier molecular flexibility index (Phi) is 3.01. The Morgan fingerprint density at radius 1 is 1.42 bits per heavy atom. The number of nitrogens with zero attached hydrogens (tertiary/aromatic N) is 2. The Labute approximate surface area is 116 Å². The maximum Gasteiger partial charge on any atom is 0.0522 e. The van der Waals surface area contributed by atoms with Crippen LogP contribution in [0.5, 0.6) is 0 Å². The van der Waals surface area contributed by atoms with Crippen LogP contribution in [0.2, 0.25) is 0 Å². The van der Waals surface area contributed by atoms with Crippen LogP contribution in [0, 0.1) is 16.7 Å². The van der Waals surface area contributed by atoms with E-state index in [2.05, 4.69) is 48.9 Å². The Balaban J connectivity index is 1.73. The fourth-order valence-corrected chi connectivity index (χ4v) is 4.81. The fraction of sp³-hybridized carbons (Fsp3) is 0.812. The van der Waals surface area contributed by atoms with Gasteiger partial charge in [-0.1, -0.05) is 20.8 Å². The minimum absolute atomic E-state index is 0.435. The van der Waals surface area contributed by atoms with Gasteiger partial charge in [0, 0.05) is 25.3 Å². The molecule has 0 spiro atoms. The van der Waals surface area contributed by atoms with Crippen LogP contribution in [0.3, 0.4) is 0 Å². The summed E-state index contributed by atoms with van der Waals surface area (Å²) in [4.78, 5) is 0. The molecule has 3 heteroatoms. The first kappa shape index (κ1) is 13.2. The highest BCUT2D eigenvalue weighted by atomic mass is 15.3. The molecule has 1 N–H and O–H groups in total. The Bertz CT molecular complexity index is 458. The summed E-state index contributed by atoms with van der Waals surface area (Å²) in [5, 5.41) is 8.22. The normalized spacial score (nSPS) is 36.0. The molecule has 0 radical (unpaired) electrons. The van der Waals surface area contributed by atoms with E-state index in [4.69, 9.17) is 0 Å². The van der Waals surface area contributed by atoms with Gasteiger partial charge in [-0.3, -0.25) is 4.68 Å². The summed E-state index contributed by atoms with van der Waals surface area (Å²) in [6, 6.07) is 2.78. The van der Waals surface area contributed by atoms with E-state index in [1.807, 2.05) is 6.20 Å². The van der Waals surface area contributed by atoms with Crippen molar-refractivity contribution < 1.29 is 0 Å². The van der Waals surface area contributed by atoms with Crippen LogP contribution in [0.4, 0.5) is 0 Å². The maximum absolute atomic E-state index is 4.36. The number of rotatable bonds is 4. The first-order valence-corrected chi connectivity index (χ1v) is 7.71. The third-order valence-corrected chi connectivity index (χ3v) is 5.86. The second kappa shape index (κ2) is 4.34. The van der Waals surface area contributed by atoms with Gasteiger partial charge in [-0.05, 0) is 49.0 Å². The van der Waals surface area contributed by atoms with Gasteiger partial charge in [0.25, 0.3) is 0 Å². The summed E-state index contributed by atoms with van der Waals surface area (Å²) in [5.74, 6) is 0.908. The molecule has 2 aliphatic rings. The zero-order valence-corrected chi connectivity index (χ0v) is 12.7. The summed E-state index contributed by atoms with van der Waals surface area (Å²) in [7, 11) is 0. The second-order valence-electron chi connectivity index (χ2n) is 7.37. The topological polar surface area (TPSA) is 29.9 Å². The van der Waals surface area contributed by atoms with E-state index in [9.17, 15) is 0 Å². The summed E-state index contributed by atoms with van der Waals surface area (Å²) in [5.41, 5.74) is 2.25. The molecule has 1 heterocycles. The number of nitrogens with one attached hydrogen (secondary N) is 1. The van der Waals surface area contributed by atoms with Crippen molar-refractivity contribution in [3.8, 4) is 0 Å². The molecule has 3 rings (SSSR count). The van der Waals surface area contributed by atoms with Crippen LogP contribution in [0.15, 0.2) is 12.3 Å². The molecule has 1 aromatic heterocycles. The average Bonchev–Trinajstić information content (AvgIpc) is 2.99. The highest BCUT2D eigenvalue weighted by molar-refractivity contribution is 5.13. The summed E-state index contributed by atoms with van der Waals surface area (Å²) in [6.45, 7) is 11.5. The average molecular weight is 261 g/mol. The van der Waals surface area contributed by atoms with Gasteiger partial charge >= 0.3 is 0 Å². The minimum atomic E-state index is 0.435. The molecule has 106 valence electrons. The molecule has 0 amide bonds. The van der Waals surface area contributed by atoms with Gasteiger partial charge < -0.3 is 5.32 Å². The largest absolute Gasteiger partial charge is 0.307 e. The molecular formula is C16H27N3. The quantitative estimate of drug-likeness (QED) is 0.902. The summed E-state index contributed by atoms with van der Waals surface area (Å²) < 4.78 is 2.09. The second-order valence-corrected chi connectivity index (χ2v) is 7.37. The van der Waals surface area contributed by atoms with Crippen LogP contribution >= 0.6 is 0 Å². The number of fused-ring (bicyclic) bond motifs is 2. The van der Waals surface area contributed by atoms with Gasteiger partial charge in [-0.2, -0.15) is 5.10 Å². The van der Waals surface area contributed by atoms with Gasteiger partial charge in [0.15, 0.2) is 0 Å². The molecule has 3 unspecified atom stereocenters. The van der Waals surface area contributed by atoms with Crippen molar-refractivity contribution in [2.45, 2.75) is 66.1 Å². The molecular weight excluding hydrogens is 234 g/mol. The zero-order chi connectivity index (χ0) is 13.7. The van der Waals surface area contributed by atoms with E-state index in [1.165, 1.54) is 25.0 Å². The Morgan fingerprint density at radius 3 is 2.84 bits per heavy atom. The Hall–Kier alpha value is -0.830. The lowest BCUT2D eigenvalue weighted by Gasteiger charge is -2.43. The van der Waals surface area contributed by atoms with Crippen molar-refractivity contribution in [2.75, 3.05) is 0 Å². The third kappa shape index (κ3) is 1.94. The van der Waals surface area contributed by atoms with Gasteiger partial charge in [-0.25, -0.2) is 0 Å². The van der Waals surface area contributed by atoms with Crippen molar-refractivity contribution in [1.29, 1.82) is 0 Å². The van der Waals surface area contributed by atoms with Gasteiger partial charge in [0.1, 0.15) is 0 Å². The molecule has 3 nitrogen and oxygen atoms in total. The Morgan fingerprint density at radius 2 is 2.21 bits per heavy atom. The van der Waals surface area contributed by atoms with E-state index in [1.54, 1.807) is 0 Å². The van der Waals surface area contributed by atoms with Crippen LogP contribution in [0.25, 0.3) is 0 Å². The highest BCUT2D eigenvalue weighted by Gasteiger charge is 2.58. The van der Waals surface area contributed by atoms with Crippen LogP contribution in [0.1, 0.15) is 52.7 Å². The van der Waals surface area contributed by atoms with E-state index in [0.29, 0.717) is 16.9 Å². The first-order valence-electron chi connectivity index (χ1n) is 7.71. The lowest BCUT2D eigenvalue weighted by atomic mass is 9.68. The predicted octanol–water partition coefficient (Wildman–Crippen LogP) is 3.21. The molecule has 3 atom stereocenters. The van der Waals surface area contributed by atoms with Crippen LogP contribution in [-0.4, -0.2) is 15.8 Å². The highest BCUT2D eigenvalue weighted by Crippen LogP contribution is 2.62. The third-order valence-electron chi connectivity index (χ3n) is 5.86. The van der Waals surface area contributed by atoms with Gasteiger partial charge in [0.05, 0.1) is 5.69 Å². The molecule has 19 heavy (non-hydrogen) atoms. The number of hydrogen-bond donors (Lipinski definition) is 1. The minimum Gasteiger partial charge on any atom is -0.307 e. The van der Waals surface area contributed by atoms with Crippen LogP contribution < -0.4 is 5.32 Å². The maximum atomic E-state index is 4.36. The molecule has 0 saturated heterocycles. The molecule has 2 bridgehead atoms. The standard InChI is InChI=1S/C16H27N3/c1-5-19-13(7-9-18-19)11-17-14-15(2,3)12-6-8-16(14,4)10-12/h7,9,12,14,17H,5-6,8,10-11H2,1-4H3. The summed E-state index contributed by atoms with van der Waals surface area (Å²) in [6.07, 6.45) is 6.14. The lowest BCUT2D eigenvalue weighted by molar-refractivity contribution is 0.107. The number of aryl methyl sites for hydroxylation is 1. The van der Waals surface area contributed by atoms with Crippen molar-refractivity contribution >= 4 is 0 Å². The van der Waals surface area contributed by atoms with Crippen molar-refractivity contribution in [1.82, 2.24) is 15.1 Å². The smallest absolute Gasteiger partial charge is 0.0522 e. The van der Waals surface area contributed by atoms with E-state index in [0.717, 1.165) is 19.0 Å². The van der Waals surface area contributed by atoms with Gasteiger partial charge in [-0.15, -0.1) is 0 Å². The predicted molar refractivity (Wildman–Crippen MR) is 77.8 cm³/mol. The molecule has 2 fully saturated rings. The van der Waals surface area contributed by atoms with E-state index >= 15 is 0 Å². The van der Waals surface area contributed by atoms with E-state index in [-0.39, 0.29) is 0 Å². The lowest BCUT2D eigenvalue weighted by Crippen LogP contribution is -2.50. The molecule has 2 saturated carbocycles. The van der Waals surface area contributed by atoms with Crippen molar-refractivity contribution in [3.05, 3.63) is 18.0 Å². The molecule has 0 aliphatic heterocycles. The van der Waals surface area contributed by atoms with Gasteiger partial charge in [0.2, 0.25) is 0 Å². The molecule has 0 aromatic carbocycles. The summed E-state index contributed by atoms with van der Waals surface area (Å²) >= 11 is 0. The monoisotopic (exact) mass is 261 g/mol. The number of aromatic nitrogens is 2. The van der Waals surface area contributed by atoms with Crippen molar-refractivity contribution in [3.63, 3.8) is 0 Å². The van der Waals surface area contributed by atoms with E-state index < -0.39 is 0 Å². The number of hydrogen-bond acceptors (Lipinski definition) is 2. The van der Waals surface area contributed by atoms with Crippen molar-refractivity contribution in [2.24, 2.45) is 16.7 Å². The molecule has 2 aliphatic carbocycles.